The van der Waals surface area contributed by atoms with E-state index in [1.807, 2.05) is 0 Å². The normalized spacial score (nSPS) is 20.6. The number of hydrogen-bond acceptors (Lipinski definition) is 4. The molecule has 1 aliphatic heterocycles. The molecule has 2 N–H and O–H groups in total. The Kier molecular flexibility index (Phi) is 5.03. The zero-order valence-electron chi connectivity index (χ0n) is 13.2. The number of nitrogens with one attached hydrogen (secondary N) is 2. The molecule has 1 amide bonds. The lowest BCUT2D eigenvalue weighted by molar-refractivity contribution is -0.138. The molecule has 0 saturated carbocycles. The van der Waals surface area contributed by atoms with Crippen LogP contribution in [0.4, 0.5) is 13.2 Å². The number of rotatable bonds is 5. The summed E-state index contributed by atoms with van der Waals surface area (Å²) in [5, 5.41) is 9.14. The molecule has 6 nitrogen and oxygen atoms in total. The molecule has 0 aliphatic carbocycles. The molecule has 134 valence electrons. The molecule has 2 heterocycles. The van der Waals surface area contributed by atoms with Crippen LogP contribution >= 0.6 is 0 Å². The Morgan fingerprint density at radius 3 is 2.84 bits per heavy atom. The summed E-state index contributed by atoms with van der Waals surface area (Å²) in [5.41, 5.74) is -0.827. The molecule has 25 heavy (non-hydrogen) atoms. The summed E-state index contributed by atoms with van der Waals surface area (Å²) in [6, 6.07) is 5.08. The van der Waals surface area contributed by atoms with Crippen molar-refractivity contribution in [1.82, 2.24) is 20.5 Å². The van der Waals surface area contributed by atoms with Crippen LogP contribution in [0.5, 0.6) is 0 Å². The summed E-state index contributed by atoms with van der Waals surface area (Å²) >= 11 is 0. The second-order valence-electron chi connectivity index (χ2n) is 5.83. The number of ether oxygens (including phenoxy) is 1. The van der Waals surface area contributed by atoms with Crippen LogP contribution in [0.2, 0.25) is 0 Å². The number of halogens is 3. The second-order valence-corrected chi connectivity index (χ2v) is 5.83. The molecule has 3 rings (SSSR count). The highest BCUT2D eigenvalue weighted by Gasteiger charge is 2.33. The Morgan fingerprint density at radius 2 is 2.12 bits per heavy atom. The van der Waals surface area contributed by atoms with Gasteiger partial charge in [0.1, 0.15) is 12.4 Å². The topological polar surface area (TPSA) is 79.9 Å². The molecule has 2 atom stereocenters. The molecule has 2 aromatic rings. The molecule has 1 aliphatic rings. The van der Waals surface area contributed by atoms with Crippen molar-refractivity contribution in [3.8, 4) is 0 Å². The van der Waals surface area contributed by atoms with Crippen molar-refractivity contribution in [2.75, 3.05) is 6.54 Å². The standard InChI is InChI=1S/C16H17F3N4O2/c17-16(18,19)12-4-2-1-3-10(12)7-14(24)20-8-11-5-6-13(25-11)15-21-9-22-23-15/h1-4,9,11,13H,5-8H2,(H,20,24)(H,21,22,23)/t11-,13+/m1/s1. The van der Waals surface area contributed by atoms with Crippen molar-refractivity contribution < 1.29 is 22.7 Å². The van der Waals surface area contributed by atoms with Gasteiger partial charge in [0.2, 0.25) is 5.91 Å². The van der Waals surface area contributed by atoms with Gasteiger partial charge in [-0.05, 0) is 24.5 Å². The predicted molar refractivity (Wildman–Crippen MR) is 81.4 cm³/mol. The molecule has 9 heteroatoms. The van der Waals surface area contributed by atoms with Gasteiger partial charge in [0.05, 0.1) is 18.1 Å². The third-order valence-electron chi connectivity index (χ3n) is 4.05. The van der Waals surface area contributed by atoms with Crippen molar-refractivity contribution in [3.05, 3.63) is 47.5 Å². The number of alkyl halides is 3. The molecule has 0 spiro atoms. The van der Waals surface area contributed by atoms with E-state index in [1.54, 1.807) is 0 Å². The molecular formula is C16H17F3N4O2. The van der Waals surface area contributed by atoms with E-state index in [0.29, 0.717) is 5.82 Å². The van der Waals surface area contributed by atoms with Crippen LogP contribution < -0.4 is 5.32 Å². The molecule has 1 saturated heterocycles. The maximum atomic E-state index is 12.9. The summed E-state index contributed by atoms with van der Waals surface area (Å²) in [6.07, 6.45) is -2.33. The van der Waals surface area contributed by atoms with Gasteiger partial charge < -0.3 is 10.1 Å². The number of H-pyrrole nitrogens is 1. The average molecular weight is 354 g/mol. The average Bonchev–Trinajstić information content (AvgIpc) is 3.24. The maximum absolute atomic E-state index is 12.9. The number of hydrogen-bond donors (Lipinski definition) is 2. The van der Waals surface area contributed by atoms with Crippen LogP contribution in [-0.2, 0) is 22.1 Å². The highest BCUT2D eigenvalue weighted by atomic mass is 19.4. The molecule has 1 aromatic carbocycles. The minimum Gasteiger partial charge on any atom is -0.365 e. The van der Waals surface area contributed by atoms with Gasteiger partial charge in [-0.2, -0.15) is 18.3 Å². The van der Waals surface area contributed by atoms with Crippen LogP contribution in [0.1, 0.15) is 35.9 Å². The van der Waals surface area contributed by atoms with Crippen molar-refractivity contribution in [2.24, 2.45) is 0 Å². The Bertz CT molecular complexity index is 718. The van der Waals surface area contributed by atoms with Crippen molar-refractivity contribution in [3.63, 3.8) is 0 Å². The van der Waals surface area contributed by atoms with E-state index < -0.39 is 17.6 Å². The van der Waals surface area contributed by atoms with Gasteiger partial charge in [0.15, 0.2) is 5.82 Å². The fourth-order valence-corrected chi connectivity index (χ4v) is 2.84. The van der Waals surface area contributed by atoms with Crippen LogP contribution in [0.25, 0.3) is 0 Å². The van der Waals surface area contributed by atoms with Gasteiger partial charge in [-0.25, -0.2) is 4.98 Å². The highest BCUT2D eigenvalue weighted by Crippen LogP contribution is 2.32. The first kappa shape index (κ1) is 17.4. The first-order valence-electron chi connectivity index (χ1n) is 7.86. The van der Waals surface area contributed by atoms with Crippen LogP contribution in [0, 0.1) is 0 Å². The quantitative estimate of drug-likeness (QED) is 0.864. The third-order valence-corrected chi connectivity index (χ3v) is 4.05. The highest BCUT2D eigenvalue weighted by molar-refractivity contribution is 5.79. The van der Waals surface area contributed by atoms with E-state index in [1.165, 1.54) is 24.5 Å². The Labute approximate surface area is 141 Å². The molecule has 0 bridgehead atoms. The van der Waals surface area contributed by atoms with Crippen LogP contribution in [-0.4, -0.2) is 33.7 Å². The first-order valence-corrected chi connectivity index (χ1v) is 7.86. The van der Waals surface area contributed by atoms with Gasteiger partial charge in [0.25, 0.3) is 0 Å². The molecule has 1 fully saturated rings. The zero-order chi connectivity index (χ0) is 17.9. The largest absolute Gasteiger partial charge is 0.416 e. The Hall–Kier alpha value is -2.42. The van der Waals surface area contributed by atoms with Crippen LogP contribution in [0.3, 0.4) is 0 Å². The minimum atomic E-state index is -4.48. The monoisotopic (exact) mass is 354 g/mol. The van der Waals surface area contributed by atoms with Gasteiger partial charge in [-0.1, -0.05) is 18.2 Å². The number of aromatic amines is 1. The summed E-state index contributed by atoms with van der Waals surface area (Å²) in [6.45, 7) is 0.248. The summed E-state index contributed by atoms with van der Waals surface area (Å²) in [4.78, 5) is 16.0. The molecule has 0 unspecified atom stereocenters. The van der Waals surface area contributed by atoms with E-state index in [9.17, 15) is 18.0 Å². The van der Waals surface area contributed by atoms with Gasteiger partial charge >= 0.3 is 6.18 Å². The van der Waals surface area contributed by atoms with Crippen molar-refractivity contribution in [2.45, 2.75) is 37.6 Å². The van der Waals surface area contributed by atoms with Gasteiger partial charge in [-0.15, -0.1) is 0 Å². The zero-order valence-corrected chi connectivity index (χ0v) is 13.2. The number of amides is 1. The van der Waals surface area contributed by atoms with Crippen molar-refractivity contribution >= 4 is 5.91 Å². The third kappa shape index (κ3) is 4.36. The molecule has 1 aromatic heterocycles. The lowest BCUT2D eigenvalue weighted by Crippen LogP contribution is -2.33. The predicted octanol–water partition coefficient (Wildman–Crippen LogP) is 2.40. The maximum Gasteiger partial charge on any atom is 0.416 e. The van der Waals surface area contributed by atoms with Crippen LogP contribution in [0.15, 0.2) is 30.6 Å². The molecular weight excluding hydrogens is 337 g/mol. The SMILES string of the molecule is O=C(Cc1ccccc1C(F)(F)F)NC[C@H]1CC[C@@H](c2ncn[nH]2)O1. The van der Waals surface area contributed by atoms with E-state index in [4.69, 9.17) is 4.74 Å². The summed E-state index contributed by atoms with van der Waals surface area (Å²) < 4.78 is 44.6. The van der Waals surface area contributed by atoms with Crippen molar-refractivity contribution in [1.29, 1.82) is 0 Å². The number of aromatic nitrogens is 3. The fraction of sp³-hybridized carbons (Fsp3) is 0.438. The number of benzene rings is 1. The molecule has 0 radical (unpaired) electrons. The van der Waals surface area contributed by atoms with E-state index >= 15 is 0 Å². The smallest absolute Gasteiger partial charge is 0.365 e. The van der Waals surface area contributed by atoms with E-state index in [2.05, 4.69) is 20.5 Å². The lowest BCUT2D eigenvalue weighted by atomic mass is 10.0. The number of carbonyl (C=O) groups is 1. The number of nitrogens with zero attached hydrogens (tertiary/aromatic N) is 2. The Balaban J connectivity index is 1.51. The minimum absolute atomic E-state index is 0.0422. The van der Waals surface area contributed by atoms with E-state index in [-0.39, 0.29) is 30.7 Å². The Morgan fingerprint density at radius 1 is 1.32 bits per heavy atom. The fourth-order valence-electron chi connectivity index (χ4n) is 2.84. The second kappa shape index (κ2) is 7.22. The van der Waals surface area contributed by atoms with Gasteiger partial charge in [0, 0.05) is 6.54 Å². The van der Waals surface area contributed by atoms with E-state index in [0.717, 1.165) is 18.9 Å². The number of carbonyl (C=O) groups excluding carboxylic acids is 1. The van der Waals surface area contributed by atoms with Gasteiger partial charge in [-0.3, -0.25) is 9.89 Å². The first-order chi connectivity index (χ1) is 11.9. The summed E-state index contributed by atoms with van der Waals surface area (Å²) in [5.74, 6) is 0.163. The lowest BCUT2D eigenvalue weighted by Gasteiger charge is -2.15. The summed E-state index contributed by atoms with van der Waals surface area (Å²) in [7, 11) is 0.